The molecule has 11 aromatic carbocycles. The van der Waals surface area contributed by atoms with Gasteiger partial charge in [0.1, 0.15) is 34.5 Å². The van der Waals surface area contributed by atoms with E-state index in [0.29, 0.717) is 22.5 Å². The van der Waals surface area contributed by atoms with Crippen molar-refractivity contribution in [3.63, 3.8) is 0 Å². The molecule has 0 saturated heterocycles. The third-order valence-corrected chi connectivity index (χ3v) is 18.2. The quantitative estimate of drug-likeness (QED) is 0.176. The van der Waals surface area contributed by atoms with Crippen molar-refractivity contribution >= 4 is 87.5 Å². The molecule has 0 amide bonds. The molecule has 0 radical (unpaired) electrons. The van der Waals surface area contributed by atoms with Gasteiger partial charge in [-0.15, -0.1) is 0 Å². The van der Waals surface area contributed by atoms with Crippen LogP contribution >= 0.6 is 0 Å². The predicted molar refractivity (Wildman–Crippen MR) is 325 cm³/mol. The van der Waals surface area contributed by atoms with Crippen molar-refractivity contribution in [1.82, 2.24) is 9.13 Å². The Hall–Kier alpha value is -10.4. The normalized spacial score (nSPS) is 13.9. The van der Waals surface area contributed by atoms with Gasteiger partial charge in [0.2, 0.25) is 0 Å². The van der Waals surface area contributed by atoms with E-state index in [-0.39, 0.29) is 10.8 Å². The Labute approximate surface area is 459 Å². The van der Waals surface area contributed by atoms with Gasteiger partial charge >= 0.3 is 0 Å². The second-order valence-electron chi connectivity index (χ2n) is 23.0. The fourth-order valence-electron chi connectivity index (χ4n) is 14.2. The monoisotopic (exact) mass is 1020 g/mol. The summed E-state index contributed by atoms with van der Waals surface area (Å²) >= 11 is 0. The summed E-state index contributed by atoms with van der Waals surface area (Å²) in [4.78, 5) is 0. The average molecular weight is 1020 g/mol. The van der Waals surface area contributed by atoms with Crippen LogP contribution in [0.1, 0.15) is 61.1 Å². The fraction of sp³-hybridized carbons (Fsp3) is 0.0811. The zero-order valence-electron chi connectivity index (χ0n) is 44.2. The van der Waals surface area contributed by atoms with Crippen LogP contribution < -0.4 is 0 Å². The Morgan fingerprint density at radius 3 is 1.11 bits per heavy atom. The maximum Gasteiger partial charge on any atom is 0.135 e. The van der Waals surface area contributed by atoms with Crippen molar-refractivity contribution in [1.29, 1.82) is 10.5 Å². The molecule has 4 heterocycles. The highest BCUT2D eigenvalue weighted by Crippen LogP contribution is 2.54. The van der Waals surface area contributed by atoms with Crippen molar-refractivity contribution < 1.29 is 8.83 Å². The number of fused-ring (bicyclic) bond motifs is 18. The van der Waals surface area contributed by atoms with Crippen LogP contribution in [-0.2, 0) is 10.8 Å². The van der Waals surface area contributed by atoms with E-state index >= 15 is 0 Å². The third kappa shape index (κ3) is 5.89. The third-order valence-electron chi connectivity index (χ3n) is 18.2. The van der Waals surface area contributed by atoms with E-state index in [1.165, 1.54) is 44.5 Å². The van der Waals surface area contributed by atoms with Gasteiger partial charge in [-0.2, -0.15) is 10.5 Å². The highest BCUT2D eigenvalue weighted by Gasteiger charge is 2.38. The van der Waals surface area contributed by atoms with Crippen molar-refractivity contribution in [2.75, 3.05) is 0 Å². The maximum absolute atomic E-state index is 11.6. The molecule has 6 nitrogen and oxygen atoms in total. The molecule has 80 heavy (non-hydrogen) atoms. The summed E-state index contributed by atoms with van der Waals surface area (Å²) in [6.45, 7) is 9.21. The number of para-hydroxylation sites is 2. The Bertz CT molecular complexity index is 5070. The predicted octanol–water partition coefficient (Wildman–Crippen LogP) is 19.4. The maximum atomic E-state index is 11.6. The Morgan fingerprint density at radius 1 is 0.312 bits per heavy atom. The number of rotatable bonds is 4. The summed E-state index contributed by atoms with van der Waals surface area (Å²) in [6.07, 6.45) is 0. The summed E-state index contributed by atoms with van der Waals surface area (Å²) in [5, 5.41) is 31.7. The smallest absolute Gasteiger partial charge is 0.135 e. The molecule has 0 aliphatic heterocycles. The zero-order valence-corrected chi connectivity index (χ0v) is 44.2. The summed E-state index contributed by atoms with van der Waals surface area (Å²) in [5.41, 5.74) is 23.2. The minimum atomic E-state index is -0.276. The molecular formula is C74H46N4O2. The molecule has 0 atom stereocenters. The van der Waals surface area contributed by atoms with Gasteiger partial charge in [-0.05, 0) is 164 Å². The highest BCUT2D eigenvalue weighted by molar-refractivity contribution is 6.16. The molecule has 374 valence electrons. The molecule has 0 fully saturated rings. The first kappa shape index (κ1) is 44.7. The standard InChI is InChI=1S/C74H46N4O2/c1-73(2)59-17-9-5-13-47(59)51-35-55-53-29-41(43-23-27-71-57(31-43)49-15-7-11-19-69(49)79-71)21-25-63(53)77(67(55)37-61(51)73)65-33-46(40-76)66(34-45(65)39-75)78-64-26-22-42(44-24-28-72-58(32-44)50-16-8-12-20-70(50)80-72)30-54(64)56-36-52-48-14-6-10-18-60(48)74(3,4)62(52)38-68(56)78/h5-38H,1-4H3. The second kappa shape index (κ2) is 15.6. The van der Waals surface area contributed by atoms with E-state index in [1.54, 1.807) is 0 Å². The largest absolute Gasteiger partial charge is 0.456 e. The van der Waals surface area contributed by atoms with E-state index in [1.807, 2.05) is 36.4 Å². The van der Waals surface area contributed by atoms with Crippen LogP contribution in [0.25, 0.3) is 143 Å². The molecule has 2 aliphatic rings. The Kier molecular flexibility index (Phi) is 8.74. The summed E-state index contributed by atoms with van der Waals surface area (Å²) in [7, 11) is 0. The number of furan rings is 2. The number of benzene rings is 11. The second-order valence-corrected chi connectivity index (χ2v) is 23.0. The van der Waals surface area contributed by atoms with Crippen molar-refractivity contribution in [2.45, 2.75) is 38.5 Å². The molecule has 6 heteroatoms. The SMILES string of the molecule is CC1(C)c2ccccc2-c2cc3c4cc(-c5ccc6oc7ccccc7c6c5)ccc4n(-c4cc(C#N)c(-n5c6ccc(-c7ccc8oc9ccccc9c8c7)cc6c6cc7c(cc65)C(C)(C)c5ccccc5-7)cc4C#N)c3cc21. The summed E-state index contributed by atoms with van der Waals surface area (Å²) < 4.78 is 17.0. The van der Waals surface area contributed by atoms with Gasteiger partial charge in [0.15, 0.2) is 0 Å². The molecule has 2 aliphatic carbocycles. The lowest BCUT2D eigenvalue weighted by atomic mass is 9.82. The lowest BCUT2D eigenvalue weighted by molar-refractivity contribution is 0.661. The number of aromatic nitrogens is 2. The van der Waals surface area contributed by atoms with E-state index in [0.717, 1.165) is 110 Å². The molecule has 0 bridgehead atoms. The van der Waals surface area contributed by atoms with Crippen LogP contribution in [0.15, 0.2) is 215 Å². The van der Waals surface area contributed by atoms with E-state index in [9.17, 15) is 10.5 Å². The van der Waals surface area contributed by atoms with Gasteiger partial charge in [0.25, 0.3) is 0 Å². The van der Waals surface area contributed by atoms with Crippen LogP contribution in [-0.4, -0.2) is 9.13 Å². The first-order valence-electron chi connectivity index (χ1n) is 27.3. The van der Waals surface area contributed by atoms with Crippen LogP contribution in [0.4, 0.5) is 0 Å². The average Bonchev–Trinajstić information content (AvgIpc) is 4.35. The lowest BCUT2D eigenvalue weighted by Gasteiger charge is -2.22. The first-order valence-corrected chi connectivity index (χ1v) is 27.3. The van der Waals surface area contributed by atoms with E-state index < -0.39 is 0 Å². The highest BCUT2D eigenvalue weighted by atomic mass is 16.3. The molecular weight excluding hydrogens is 977 g/mol. The van der Waals surface area contributed by atoms with Crippen molar-refractivity contribution in [3.8, 4) is 68.0 Å². The molecule has 0 spiro atoms. The molecule has 0 saturated carbocycles. The first-order chi connectivity index (χ1) is 39.0. The minimum absolute atomic E-state index is 0.276. The van der Waals surface area contributed by atoms with E-state index in [4.69, 9.17) is 8.83 Å². The number of nitriles is 2. The van der Waals surface area contributed by atoms with Gasteiger partial charge in [-0.1, -0.05) is 137 Å². The van der Waals surface area contributed by atoms with Gasteiger partial charge < -0.3 is 18.0 Å². The number of hydrogen-bond donors (Lipinski definition) is 0. The van der Waals surface area contributed by atoms with Gasteiger partial charge in [-0.3, -0.25) is 0 Å². The fourth-order valence-corrected chi connectivity index (χ4v) is 14.2. The van der Waals surface area contributed by atoms with Crippen LogP contribution in [0.5, 0.6) is 0 Å². The van der Waals surface area contributed by atoms with Crippen molar-refractivity contribution in [3.05, 3.63) is 240 Å². The minimum Gasteiger partial charge on any atom is -0.456 e. The van der Waals surface area contributed by atoms with Gasteiger partial charge in [0, 0.05) is 53.9 Å². The summed E-state index contributed by atoms with van der Waals surface area (Å²) in [5.74, 6) is 0. The van der Waals surface area contributed by atoms with Gasteiger partial charge in [-0.25, -0.2) is 0 Å². The number of nitrogens with zero attached hydrogens (tertiary/aromatic N) is 4. The van der Waals surface area contributed by atoms with Crippen LogP contribution in [0.3, 0.4) is 0 Å². The van der Waals surface area contributed by atoms with Crippen molar-refractivity contribution in [2.24, 2.45) is 0 Å². The van der Waals surface area contributed by atoms with Gasteiger partial charge in [0.05, 0.1) is 44.6 Å². The molecule has 0 N–H and O–H groups in total. The van der Waals surface area contributed by atoms with Crippen LogP contribution in [0.2, 0.25) is 0 Å². The zero-order chi connectivity index (χ0) is 53.5. The lowest BCUT2D eigenvalue weighted by Crippen LogP contribution is -2.15. The summed E-state index contributed by atoms with van der Waals surface area (Å²) in [6, 6.07) is 78.7. The van der Waals surface area contributed by atoms with E-state index in [2.05, 4.69) is 219 Å². The topological polar surface area (TPSA) is 83.7 Å². The number of hydrogen-bond acceptors (Lipinski definition) is 4. The Morgan fingerprint density at radius 2 is 0.675 bits per heavy atom. The molecule has 17 rings (SSSR count). The molecule has 4 aromatic heterocycles. The Balaban J connectivity index is 0.904. The van der Waals surface area contributed by atoms with Crippen LogP contribution in [0, 0.1) is 22.7 Å². The molecule has 15 aromatic rings. The molecule has 0 unspecified atom stereocenters.